The van der Waals surface area contributed by atoms with Gasteiger partial charge in [0.15, 0.2) is 4.67 Å². The molecule has 0 fully saturated rings. The van der Waals surface area contributed by atoms with Crippen molar-refractivity contribution in [3.8, 4) is 0 Å². The molecule has 0 aliphatic rings. The van der Waals surface area contributed by atoms with Crippen LogP contribution in [0.1, 0.15) is 11.3 Å². The summed E-state index contributed by atoms with van der Waals surface area (Å²) in [7, 11) is -3.93. The van der Waals surface area contributed by atoms with E-state index < -0.39 is 22.4 Å². The fraction of sp³-hybridized carbons (Fsp3) is 0.167. The molecule has 0 unspecified atom stereocenters. The number of halogens is 3. The van der Waals surface area contributed by atoms with E-state index >= 15 is 0 Å². The maximum Gasteiger partial charge on any atom is 0.266 e. The van der Waals surface area contributed by atoms with Crippen LogP contribution >= 0.6 is 31.9 Å². The van der Waals surface area contributed by atoms with Gasteiger partial charge in [-0.15, -0.1) is 0 Å². The maximum atomic E-state index is 13.4. The van der Waals surface area contributed by atoms with Crippen LogP contribution in [0.5, 0.6) is 0 Å². The van der Waals surface area contributed by atoms with E-state index in [0.29, 0.717) is 5.56 Å². The number of aryl methyl sites for hydroxylation is 1. The zero-order valence-electron chi connectivity index (χ0n) is 10.7. The Balaban J connectivity index is 2.42. The maximum absolute atomic E-state index is 13.4. The minimum atomic E-state index is -3.93. The van der Waals surface area contributed by atoms with Crippen molar-refractivity contribution >= 4 is 47.6 Å². The van der Waals surface area contributed by atoms with Crippen molar-refractivity contribution in [2.45, 2.75) is 18.4 Å². The smallest absolute Gasteiger partial charge is 0.266 e. The second-order valence-corrected chi connectivity index (χ2v) is 7.42. The highest BCUT2D eigenvalue weighted by Crippen LogP contribution is 2.30. The Hall–Kier alpha value is -0.900. The molecule has 1 heterocycles. The number of aliphatic hydroxyl groups is 1. The molecule has 2 N–H and O–H groups in total. The second kappa shape index (κ2) is 6.07. The first-order chi connectivity index (χ1) is 9.74. The monoisotopic (exact) mass is 441 g/mol. The minimum absolute atomic E-state index is 0.0159. The summed E-state index contributed by atoms with van der Waals surface area (Å²) in [5.74, 6) is -0.373. The van der Waals surface area contributed by atoms with E-state index in [9.17, 15) is 12.8 Å². The van der Waals surface area contributed by atoms with Gasteiger partial charge in [0.05, 0.1) is 10.2 Å². The molecule has 0 aliphatic heterocycles. The molecule has 0 atom stereocenters. The Morgan fingerprint density at radius 2 is 2.00 bits per heavy atom. The van der Waals surface area contributed by atoms with Crippen LogP contribution in [-0.2, 0) is 16.6 Å². The first kappa shape index (κ1) is 16.5. The number of benzene rings is 1. The molecule has 21 heavy (non-hydrogen) atoms. The molecule has 9 heteroatoms. The molecule has 2 rings (SSSR count). The number of nitrogens with one attached hydrogen (secondary N) is 1. The third-order valence-electron chi connectivity index (χ3n) is 2.66. The normalized spacial score (nSPS) is 11.7. The summed E-state index contributed by atoms with van der Waals surface area (Å²) in [6.45, 7) is 1.16. The highest BCUT2D eigenvalue weighted by atomic mass is 79.9. The topological polar surface area (TPSA) is 79.5 Å². The van der Waals surface area contributed by atoms with Crippen LogP contribution in [0.15, 0.2) is 36.7 Å². The first-order valence-corrected chi connectivity index (χ1v) is 8.69. The van der Waals surface area contributed by atoms with Gasteiger partial charge in [-0.25, -0.2) is 12.8 Å². The highest BCUT2D eigenvalue weighted by molar-refractivity contribution is 9.10. The lowest BCUT2D eigenvalue weighted by atomic mass is 10.2. The number of hydrogen-bond donors (Lipinski definition) is 2. The molecule has 0 radical (unpaired) electrons. The van der Waals surface area contributed by atoms with Crippen LogP contribution in [0.25, 0.3) is 0 Å². The van der Waals surface area contributed by atoms with E-state index in [1.54, 1.807) is 6.92 Å². The second-order valence-electron chi connectivity index (χ2n) is 4.20. The zero-order valence-corrected chi connectivity index (χ0v) is 14.6. The summed E-state index contributed by atoms with van der Waals surface area (Å²) in [6, 6.07) is 3.76. The molecule has 0 saturated heterocycles. The van der Waals surface area contributed by atoms with Crippen LogP contribution in [0.3, 0.4) is 0 Å². The van der Waals surface area contributed by atoms with Crippen molar-refractivity contribution in [1.29, 1.82) is 0 Å². The Morgan fingerprint density at radius 1 is 1.33 bits per heavy atom. The van der Waals surface area contributed by atoms with Crippen molar-refractivity contribution in [1.82, 2.24) is 0 Å². The number of hydrogen-bond acceptors (Lipinski definition) is 4. The van der Waals surface area contributed by atoms with E-state index in [0.717, 1.165) is 0 Å². The van der Waals surface area contributed by atoms with Crippen LogP contribution in [0.4, 0.5) is 10.1 Å². The average Bonchev–Trinajstić information content (AvgIpc) is 2.78. The van der Waals surface area contributed by atoms with Crippen molar-refractivity contribution in [2.24, 2.45) is 0 Å². The summed E-state index contributed by atoms with van der Waals surface area (Å²) < 4.78 is 45.5. The van der Waals surface area contributed by atoms with Crippen LogP contribution < -0.4 is 4.72 Å². The van der Waals surface area contributed by atoms with Crippen LogP contribution in [0, 0.1) is 12.7 Å². The lowest BCUT2D eigenvalue weighted by Gasteiger charge is -2.10. The van der Waals surface area contributed by atoms with Crippen molar-refractivity contribution in [2.75, 3.05) is 4.72 Å². The first-order valence-electron chi connectivity index (χ1n) is 5.62. The molecule has 0 bridgehead atoms. The fourth-order valence-electron chi connectivity index (χ4n) is 1.61. The van der Waals surface area contributed by atoms with Gasteiger partial charge in [-0.1, -0.05) is 0 Å². The SMILES string of the molecule is Cc1cc(F)c(Br)cc1NS(=O)(=O)c1cc(CO)oc1Br. The Kier molecular flexibility index (Phi) is 4.76. The molecular weight excluding hydrogens is 433 g/mol. The molecule has 0 amide bonds. The zero-order chi connectivity index (χ0) is 15.8. The van der Waals surface area contributed by atoms with Gasteiger partial charge >= 0.3 is 0 Å². The summed E-state index contributed by atoms with van der Waals surface area (Å²) in [5, 5.41) is 8.96. The summed E-state index contributed by atoms with van der Waals surface area (Å²) in [4.78, 5) is -0.147. The van der Waals surface area contributed by atoms with Gasteiger partial charge in [0.2, 0.25) is 0 Å². The van der Waals surface area contributed by atoms with Gasteiger partial charge in [-0.2, -0.15) is 0 Å². The number of furan rings is 1. The third kappa shape index (κ3) is 3.47. The largest absolute Gasteiger partial charge is 0.450 e. The number of anilines is 1. The number of rotatable bonds is 4. The number of aliphatic hydroxyl groups excluding tert-OH is 1. The molecule has 1 aromatic carbocycles. The van der Waals surface area contributed by atoms with Gasteiger partial charge in [0, 0.05) is 6.07 Å². The molecule has 0 spiro atoms. The molecule has 114 valence electrons. The van der Waals surface area contributed by atoms with E-state index in [-0.39, 0.29) is 25.5 Å². The molecule has 2 aromatic rings. The predicted octanol–water partition coefficient (Wildman–Crippen LogP) is 3.55. The summed E-state index contributed by atoms with van der Waals surface area (Å²) in [5.41, 5.74) is 0.670. The average molecular weight is 443 g/mol. The van der Waals surface area contributed by atoms with E-state index in [1.165, 1.54) is 18.2 Å². The van der Waals surface area contributed by atoms with Crippen LogP contribution in [0.2, 0.25) is 0 Å². The van der Waals surface area contributed by atoms with E-state index in [1.807, 2.05) is 0 Å². The lowest BCUT2D eigenvalue weighted by molar-refractivity contribution is 0.245. The van der Waals surface area contributed by atoms with Gasteiger partial charge in [-0.05, 0) is 56.5 Å². The summed E-state index contributed by atoms with van der Waals surface area (Å²) >= 11 is 5.99. The molecule has 5 nitrogen and oxygen atoms in total. The van der Waals surface area contributed by atoms with Crippen LogP contribution in [-0.4, -0.2) is 13.5 Å². The molecule has 0 aliphatic carbocycles. The van der Waals surface area contributed by atoms with Crippen molar-refractivity contribution in [3.05, 3.63) is 44.5 Å². The van der Waals surface area contributed by atoms with Crippen molar-refractivity contribution < 1.29 is 22.3 Å². The van der Waals surface area contributed by atoms with E-state index in [2.05, 4.69) is 36.6 Å². The predicted molar refractivity (Wildman–Crippen MR) is 82.0 cm³/mol. The Morgan fingerprint density at radius 3 is 2.57 bits per heavy atom. The summed E-state index contributed by atoms with van der Waals surface area (Å²) in [6.07, 6.45) is 0. The van der Waals surface area contributed by atoms with Gasteiger partial charge in [-0.3, -0.25) is 4.72 Å². The standard InChI is InChI=1S/C12H10Br2FNO4S/c1-6-2-9(15)8(13)4-10(6)16-21(18,19)11-3-7(5-17)20-12(11)14/h2-4,16-17H,5H2,1H3. The quantitative estimate of drug-likeness (QED) is 0.758. The fourth-order valence-corrected chi connectivity index (χ4v) is 4.08. The van der Waals surface area contributed by atoms with Gasteiger partial charge in [0.1, 0.15) is 23.1 Å². The van der Waals surface area contributed by atoms with Crippen molar-refractivity contribution in [3.63, 3.8) is 0 Å². The highest BCUT2D eigenvalue weighted by Gasteiger charge is 2.23. The molecule has 0 saturated carbocycles. The Labute approximate surface area is 137 Å². The molecule has 1 aromatic heterocycles. The number of sulfonamides is 1. The lowest BCUT2D eigenvalue weighted by Crippen LogP contribution is -2.13. The van der Waals surface area contributed by atoms with E-state index in [4.69, 9.17) is 9.52 Å². The van der Waals surface area contributed by atoms with Gasteiger partial charge in [0.25, 0.3) is 10.0 Å². The minimum Gasteiger partial charge on any atom is -0.450 e. The Bertz CT molecular complexity index is 789. The van der Waals surface area contributed by atoms with Gasteiger partial charge < -0.3 is 9.52 Å². The third-order valence-corrected chi connectivity index (χ3v) is 5.49. The molecular formula is C12H10Br2FNO4S.